The number of carbonyl (C=O) groups is 1. The second-order valence-corrected chi connectivity index (χ2v) is 7.55. The summed E-state index contributed by atoms with van der Waals surface area (Å²) >= 11 is 0. The van der Waals surface area contributed by atoms with Crippen LogP contribution in [0.5, 0.6) is 0 Å². The van der Waals surface area contributed by atoms with E-state index in [0.717, 1.165) is 12.1 Å². The fraction of sp³-hybridized carbons (Fsp3) is 0.333. The lowest BCUT2D eigenvalue weighted by molar-refractivity contribution is -0.384. The molecular formula is C21H20F3N5O4. The van der Waals surface area contributed by atoms with Crippen LogP contribution in [-0.2, 0) is 10.9 Å². The van der Waals surface area contributed by atoms with E-state index in [-0.39, 0.29) is 24.0 Å². The van der Waals surface area contributed by atoms with E-state index in [1.807, 2.05) is 4.90 Å². The van der Waals surface area contributed by atoms with E-state index >= 15 is 0 Å². The van der Waals surface area contributed by atoms with Crippen LogP contribution >= 0.6 is 0 Å². The predicted molar refractivity (Wildman–Crippen MR) is 112 cm³/mol. The molecule has 12 heteroatoms. The number of halogens is 3. The van der Waals surface area contributed by atoms with Gasteiger partial charge in [0.05, 0.1) is 35.3 Å². The number of morpholine rings is 1. The molecule has 2 N–H and O–H groups in total. The van der Waals surface area contributed by atoms with Crippen molar-refractivity contribution < 1.29 is 27.6 Å². The molecule has 0 saturated carbocycles. The summed E-state index contributed by atoms with van der Waals surface area (Å²) < 4.78 is 44.2. The minimum atomic E-state index is -4.44. The van der Waals surface area contributed by atoms with Crippen LogP contribution in [0.4, 0.5) is 18.9 Å². The first-order chi connectivity index (χ1) is 15.7. The molecular weight excluding hydrogens is 443 g/mol. The Morgan fingerprint density at radius 1 is 1.21 bits per heavy atom. The van der Waals surface area contributed by atoms with Gasteiger partial charge in [-0.05, 0) is 23.8 Å². The lowest BCUT2D eigenvalue weighted by atomic mass is 10.0. The van der Waals surface area contributed by atoms with Crippen molar-refractivity contribution in [2.45, 2.75) is 12.2 Å². The smallest absolute Gasteiger partial charge is 0.379 e. The lowest BCUT2D eigenvalue weighted by Gasteiger charge is -2.35. The fourth-order valence-electron chi connectivity index (χ4n) is 3.80. The molecule has 1 saturated heterocycles. The summed E-state index contributed by atoms with van der Waals surface area (Å²) in [4.78, 5) is 25.4. The Kier molecular flexibility index (Phi) is 6.29. The van der Waals surface area contributed by atoms with E-state index < -0.39 is 22.6 Å². The SMILES string of the molecule is O=C(NCC(c1ccc(C(F)(F)F)cc1)N1CCOCC1)c1n[nH]c2ccc([N+](=O)[O-])cc12. The molecule has 1 amide bonds. The molecule has 2 heterocycles. The molecule has 1 aliphatic rings. The van der Waals surface area contributed by atoms with Crippen LogP contribution < -0.4 is 5.32 Å². The average Bonchev–Trinajstić information content (AvgIpc) is 3.23. The van der Waals surface area contributed by atoms with E-state index in [2.05, 4.69) is 15.5 Å². The van der Waals surface area contributed by atoms with Crippen LogP contribution in [0, 0.1) is 10.1 Å². The zero-order chi connectivity index (χ0) is 23.6. The Balaban J connectivity index is 1.55. The van der Waals surface area contributed by atoms with Crippen LogP contribution in [0.3, 0.4) is 0 Å². The molecule has 174 valence electrons. The first-order valence-electron chi connectivity index (χ1n) is 10.1. The summed E-state index contributed by atoms with van der Waals surface area (Å²) in [6.07, 6.45) is -4.44. The Hall–Kier alpha value is -3.51. The number of benzene rings is 2. The number of carbonyl (C=O) groups excluding carboxylic acids is 1. The second-order valence-electron chi connectivity index (χ2n) is 7.55. The number of hydrogen-bond donors (Lipinski definition) is 2. The topological polar surface area (TPSA) is 113 Å². The first kappa shape index (κ1) is 22.7. The van der Waals surface area contributed by atoms with Crippen LogP contribution in [0.2, 0.25) is 0 Å². The lowest BCUT2D eigenvalue weighted by Crippen LogP contribution is -2.43. The van der Waals surface area contributed by atoms with Gasteiger partial charge in [0.1, 0.15) is 0 Å². The van der Waals surface area contributed by atoms with Gasteiger partial charge in [0.15, 0.2) is 5.69 Å². The maximum atomic E-state index is 13.0. The molecule has 1 atom stereocenters. The molecule has 33 heavy (non-hydrogen) atoms. The van der Waals surface area contributed by atoms with Crippen molar-refractivity contribution in [3.63, 3.8) is 0 Å². The van der Waals surface area contributed by atoms with Crippen LogP contribution in [0.15, 0.2) is 42.5 Å². The maximum absolute atomic E-state index is 13.0. The summed E-state index contributed by atoms with van der Waals surface area (Å²) in [5, 5.41) is 20.8. The second kappa shape index (κ2) is 9.16. The number of amides is 1. The van der Waals surface area contributed by atoms with E-state index in [9.17, 15) is 28.1 Å². The summed E-state index contributed by atoms with van der Waals surface area (Å²) in [5.41, 5.74) is 0.169. The average molecular weight is 463 g/mol. The van der Waals surface area contributed by atoms with Crippen LogP contribution in [0.1, 0.15) is 27.7 Å². The molecule has 1 aliphatic heterocycles. The number of nitrogens with zero attached hydrogens (tertiary/aromatic N) is 3. The fourth-order valence-corrected chi connectivity index (χ4v) is 3.80. The number of aromatic nitrogens is 2. The quantitative estimate of drug-likeness (QED) is 0.429. The highest BCUT2D eigenvalue weighted by Gasteiger charge is 2.31. The largest absolute Gasteiger partial charge is 0.416 e. The van der Waals surface area contributed by atoms with Crippen molar-refractivity contribution in [1.82, 2.24) is 20.4 Å². The number of nitro benzene ring substituents is 1. The number of hydrogen-bond acceptors (Lipinski definition) is 6. The molecule has 0 spiro atoms. The van der Waals surface area contributed by atoms with Crippen molar-refractivity contribution >= 4 is 22.5 Å². The van der Waals surface area contributed by atoms with Crippen molar-refractivity contribution in [2.75, 3.05) is 32.8 Å². The molecule has 3 aromatic rings. The summed E-state index contributed by atoms with van der Waals surface area (Å²) in [5.74, 6) is -0.549. The van der Waals surface area contributed by atoms with Crippen molar-refractivity contribution in [3.8, 4) is 0 Å². The number of alkyl halides is 3. The predicted octanol–water partition coefficient (Wildman–Crippen LogP) is 3.29. The van der Waals surface area contributed by atoms with Crippen molar-refractivity contribution in [2.24, 2.45) is 0 Å². The minimum absolute atomic E-state index is 0.00171. The Labute approximate surface area is 185 Å². The zero-order valence-corrected chi connectivity index (χ0v) is 17.3. The molecule has 2 aromatic carbocycles. The zero-order valence-electron chi connectivity index (χ0n) is 17.3. The van der Waals surface area contributed by atoms with Crippen molar-refractivity contribution in [1.29, 1.82) is 0 Å². The standard InChI is InChI=1S/C21H20F3N5O4/c22-21(23,24)14-3-1-13(2-4-14)18(28-7-9-33-10-8-28)12-25-20(30)19-16-11-15(29(31)32)5-6-17(16)26-27-19/h1-6,11,18H,7-10,12H2,(H,25,30)(H,26,27). The third-order valence-corrected chi connectivity index (χ3v) is 5.54. The molecule has 4 rings (SSSR count). The minimum Gasteiger partial charge on any atom is -0.379 e. The van der Waals surface area contributed by atoms with Crippen LogP contribution in [0.25, 0.3) is 10.9 Å². The number of H-pyrrole nitrogens is 1. The first-order valence-corrected chi connectivity index (χ1v) is 10.1. The molecule has 0 bridgehead atoms. The number of non-ortho nitro benzene ring substituents is 1. The number of nitro groups is 1. The highest BCUT2D eigenvalue weighted by Crippen LogP contribution is 2.31. The number of nitrogens with one attached hydrogen (secondary N) is 2. The number of ether oxygens (including phenoxy) is 1. The summed E-state index contributed by atoms with van der Waals surface area (Å²) in [7, 11) is 0. The molecule has 1 aromatic heterocycles. The van der Waals surface area contributed by atoms with E-state index in [1.54, 1.807) is 0 Å². The van der Waals surface area contributed by atoms with E-state index in [0.29, 0.717) is 42.8 Å². The third kappa shape index (κ3) is 4.96. The Morgan fingerprint density at radius 3 is 2.55 bits per heavy atom. The highest BCUT2D eigenvalue weighted by atomic mass is 19.4. The van der Waals surface area contributed by atoms with Gasteiger partial charge in [-0.1, -0.05) is 12.1 Å². The monoisotopic (exact) mass is 463 g/mol. The van der Waals surface area contributed by atoms with E-state index in [1.165, 1.54) is 30.3 Å². The molecule has 0 aliphatic carbocycles. The van der Waals surface area contributed by atoms with Gasteiger partial charge in [-0.15, -0.1) is 0 Å². The van der Waals surface area contributed by atoms with Gasteiger partial charge in [-0.3, -0.25) is 24.9 Å². The number of rotatable bonds is 6. The molecule has 1 fully saturated rings. The third-order valence-electron chi connectivity index (χ3n) is 5.54. The van der Waals surface area contributed by atoms with Crippen LogP contribution in [-0.4, -0.2) is 58.8 Å². The van der Waals surface area contributed by atoms with Gasteiger partial charge in [0, 0.05) is 37.2 Å². The summed E-state index contributed by atoms with van der Waals surface area (Å²) in [6, 6.07) is 8.50. The Morgan fingerprint density at radius 2 is 1.91 bits per heavy atom. The van der Waals surface area contributed by atoms with Gasteiger partial charge < -0.3 is 10.1 Å². The normalized spacial score (nSPS) is 16.0. The molecule has 0 radical (unpaired) electrons. The summed E-state index contributed by atoms with van der Waals surface area (Å²) in [6.45, 7) is 2.16. The van der Waals surface area contributed by atoms with Gasteiger partial charge in [0.2, 0.25) is 0 Å². The Bertz CT molecular complexity index is 1160. The number of aromatic amines is 1. The maximum Gasteiger partial charge on any atom is 0.416 e. The van der Waals surface area contributed by atoms with Gasteiger partial charge in [0.25, 0.3) is 11.6 Å². The van der Waals surface area contributed by atoms with Gasteiger partial charge in [-0.2, -0.15) is 18.3 Å². The molecule has 9 nitrogen and oxygen atoms in total. The molecule has 1 unspecified atom stereocenters. The highest BCUT2D eigenvalue weighted by molar-refractivity contribution is 6.05. The van der Waals surface area contributed by atoms with Gasteiger partial charge in [-0.25, -0.2) is 0 Å². The number of fused-ring (bicyclic) bond motifs is 1. The van der Waals surface area contributed by atoms with E-state index in [4.69, 9.17) is 4.74 Å². The van der Waals surface area contributed by atoms with Gasteiger partial charge >= 0.3 is 6.18 Å². The van der Waals surface area contributed by atoms with Crippen molar-refractivity contribution in [3.05, 3.63) is 69.4 Å².